The molecule has 0 aromatic heterocycles. The van der Waals surface area contributed by atoms with Crippen LogP contribution in [0.25, 0.3) is 32.7 Å². The van der Waals surface area contributed by atoms with Crippen LogP contribution in [0, 0.1) is 0 Å². The smallest absolute Gasteiger partial charge is 0.0543 e. The summed E-state index contributed by atoms with van der Waals surface area (Å²) in [7, 11) is 0. The number of hydrogen-bond donors (Lipinski definition) is 0. The second kappa shape index (κ2) is 11.2. The predicted octanol–water partition coefficient (Wildman–Crippen LogP) is 13.9. The van der Waals surface area contributed by atoms with Crippen LogP contribution in [-0.2, 0) is 10.8 Å². The van der Waals surface area contributed by atoms with Crippen LogP contribution in [0.4, 0.5) is 34.1 Å². The highest BCUT2D eigenvalue weighted by Crippen LogP contribution is 2.60. The lowest BCUT2D eigenvalue weighted by Gasteiger charge is -2.49. The van der Waals surface area contributed by atoms with E-state index in [2.05, 4.69) is 207 Å². The highest BCUT2D eigenvalue weighted by Gasteiger charge is 2.45. The van der Waals surface area contributed by atoms with Crippen LogP contribution in [-0.4, -0.2) is 0 Å². The molecule has 2 heteroatoms. The van der Waals surface area contributed by atoms with Gasteiger partial charge >= 0.3 is 0 Å². The molecule has 0 amide bonds. The van der Waals surface area contributed by atoms with Crippen molar-refractivity contribution in [3.05, 3.63) is 192 Å². The number of fused-ring (bicyclic) bond motifs is 6. The van der Waals surface area contributed by atoms with Crippen molar-refractivity contribution < 1.29 is 0 Å². The van der Waals surface area contributed by atoms with Crippen molar-refractivity contribution in [2.45, 2.75) is 38.5 Å². The number of hydrogen-bond acceptors (Lipinski definition) is 2. The van der Waals surface area contributed by atoms with Gasteiger partial charge in [0.05, 0.1) is 22.7 Å². The topological polar surface area (TPSA) is 6.48 Å². The summed E-state index contributed by atoms with van der Waals surface area (Å²) in [4.78, 5) is 4.91. The van der Waals surface area contributed by atoms with Gasteiger partial charge in [0, 0.05) is 27.6 Å². The van der Waals surface area contributed by atoms with Gasteiger partial charge in [-0.1, -0.05) is 143 Å². The first-order chi connectivity index (χ1) is 25.3. The van der Waals surface area contributed by atoms with Crippen LogP contribution in [0.2, 0.25) is 0 Å². The lowest BCUT2D eigenvalue weighted by Crippen LogP contribution is -2.38. The van der Waals surface area contributed by atoms with Gasteiger partial charge in [-0.15, -0.1) is 0 Å². The Morgan fingerprint density at radius 1 is 0.404 bits per heavy atom. The summed E-state index contributed by atoms with van der Waals surface area (Å²) < 4.78 is 0. The molecule has 2 aliphatic rings. The van der Waals surface area contributed by atoms with E-state index in [9.17, 15) is 0 Å². The molecular formula is C50H40N2. The minimum atomic E-state index is -0.163. The third-order valence-corrected chi connectivity index (χ3v) is 11.8. The average Bonchev–Trinajstić information content (AvgIpc) is 3.18. The second-order valence-electron chi connectivity index (χ2n) is 15.5. The molecule has 0 bridgehead atoms. The molecular weight excluding hydrogens is 629 g/mol. The Balaban J connectivity index is 1.08. The highest BCUT2D eigenvalue weighted by molar-refractivity contribution is 6.01. The maximum Gasteiger partial charge on any atom is 0.0543 e. The van der Waals surface area contributed by atoms with Crippen LogP contribution in [0.1, 0.15) is 49.9 Å². The van der Waals surface area contributed by atoms with Crippen molar-refractivity contribution in [2.75, 3.05) is 9.80 Å². The summed E-state index contributed by atoms with van der Waals surface area (Å²) in [6.07, 6.45) is 0. The predicted molar refractivity (Wildman–Crippen MR) is 221 cm³/mol. The number of anilines is 6. The van der Waals surface area contributed by atoms with Gasteiger partial charge in [0.2, 0.25) is 0 Å². The summed E-state index contributed by atoms with van der Waals surface area (Å²) in [5.41, 5.74) is 15.1. The van der Waals surface area contributed by atoms with Crippen molar-refractivity contribution in [2.24, 2.45) is 0 Å². The molecule has 8 aromatic rings. The van der Waals surface area contributed by atoms with Gasteiger partial charge < -0.3 is 9.80 Å². The number of benzene rings is 8. The largest absolute Gasteiger partial charge is 0.310 e. The molecule has 0 saturated carbocycles. The van der Waals surface area contributed by atoms with E-state index in [0.29, 0.717) is 0 Å². The van der Waals surface area contributed by atoms with Crippen LogP contribution in [0.3, 0.4) is 0 Å². The molecule has 0 spiro atoms. The molecule has 52 heavy (non-hydrogen) atoms. The maximum atomic E-state index is 2.53. The third kappa shape index (κ3) is 4.43. The van der Waals surface area contributed by atoms with Gasteiger partial charge in [0.25, 0.3) is 0 Å². The molecule has 0 atom stereocenters. The number of nitrogens with zero attached hydrogens (tertiary/aromatic N) is 2. The fraction of sp³-hybridized carbons (Fsp3) is 0.120. The maximum absolute atomic E-state index is 2.53. The van der Waals surface area contributed by atoms with Crippen molar-refractivity contribution in [1.82, 2.24) is 0 Å². The first-order valence-electron chi connectivity index (χ1n) is 18.4. The Labute approximate surface area is 306 Å². The quantitative estimate of drug-likeness (QED) is 0.184. The first kappa shape index (κ1) is 30.7. The standard InChI is InChI=1S/C50H40N2/c1-49(2)41-19-10-11-22-46(41)52-47-29-27-37(32-44(47)50(3,4)43-21-13-20-42(49)48(43)52)34-24-25-36-31-39(28-26-35(36)30-34)51(38-16-6-5-7-17-38)45-23-12-15-33-14-8-9-18-40(33)45/h5-32H,1-4H3. The summed E-state index contributed by atoms with van der Waals surface area (Å²) in [5.74, 6) is 0. The zero-order chi connectivity index (χ0) is 35.2. The fourth-order valence-corrected chi connectivity index (χ4v) is 9.02. The van der Waals surface area contributed by atoms with E-state index < -0.39 is 0 Å². The van der Waals surface area contributed by atoms with Gasteiger partial charge in [-0.25, -0.2) is 0 Å². The molecule has 250 valence electrons. The van der Waals surface area contributed by atoms with Crippen molar-refractivity contribution in [1.29, 1.82) is 0 Å². The summed E-state index contributed by atoms with van der Waals surface area (Å²) in [5, 5.41) is 4.91. The van der Waals surface area contributed by atoms with Gasteiger partial charge in [-0.2, -0.15) is 0 Å². The van der Waals surface area contributed by atoms with Crippen LogP contribution >= 0.6 is 0 Å². The lowest BCUT2D eigenvalue weighted by molar-refractivity contribution is 0.597. The van der Waals surface area contributed by atoms with Crippen LogP contribution < -0.4 is 9.80 Å². The molecule has 8 aromatic carbocycles. The molecule has 2 heterocycles. The van der Waals surface area contributed by atoms with E-state index in [0.717, 1.165) is 11.4 Å². The monoisotopic (exact) mass is 668 g/mol. The minimum Gasteiger partial charge on any atom is -0.310 e. The zero-order valence-corrected chi connectivity index (χ0v) is 30.1. The summed E-state index contributed by atoms with van der Waals surface area (Å²) >= 11 is 0. The van der Waals surface area contributed by atoms with E-state index >= 15 is 0 Å². The van der Waals surface area contributed by atoms with E-state index in [-0.39, 0.29) is 10.8 Å². The highest BCUT2D eigenvalue weighted by atomic mass is 15.2. The van der Waals surface area contributed by atoms with Crippen molar-refractivity contribution in [3.8, 4) is 11.1 Å². The summed E-state index contributed by atoms with van der Waals surface area (Å²) in [6.45, 7) is 9.53. The second-order valence-corrected chi connectivity index (χ2v) is 15.5. The average molecular weight is 669 g/mol. The SMILES string of the molecule is CC1(C)c2ccccc2N2c3ccc(-c4ccc5cc(N(c6ccccc6)c6cccc7ccccc67)ccc5c4)cc3C(C)(C)c3cccc1c32. The Hall–Kier alpha value is -6.12. The van der Waals surface area contributed by atoms with E-state index in [1.54, 1.807) is 0 Å². The third-order valence-electron chi connectivity index (χ3n) is 11.8. The molecule has 0 N–H and O–H groups in total. The van der Waals surface area contributed by atoms with Gasteiger partial charge in [0.1, 0.15) is 0 Å². The number of para-hydroxylation sites is 3. The molecule has 0 saturated heterocycles. The molecule has 2 nitrogen and oxygen atoms in total. The van der Waals surface area contributed by atoms with Crippen molar-refractivity contribution in [3.63, 3.8) is 0 Å². The molecule has 0 aliphatic carbocycles. The van der Waals surface area contributed by atoms with Gasteiger partial charge in [0.15, 0.2) is 0 Å². The van der Waals surface area contributed by atoms with Gasteiger partial charge in [-0.3, -0.25) is 0 Å². The molecule has 0 fully saturated rings. The molecule has 2 aliphatic heterocycles. The Morgan fingerprint density at radius 3 is 1.85 bits per heavy atom. The number of rotatable bonds is 4. The Bertz CT molecular complexity index is 2700. The van der Waals surface area contributed by atoms with Crippen LogP contribution in [0.5, 0.6) is 0 Å². The minimum absolute atomic E-state index is 0.0794. The van der Waals surface area contributed by atoms with Crippen molar-refractivity contribution >= 4 is 55.7 Å². The van der Waals surface area contributed by atoms with E-state index in [1.165, 1.54) is 77.7 Å². The first-order valence-corrected chi connectivity index (χ1v) is 18.4. The molecule has 0 radical (unpaired) electrons. The Kier molecular flexibility index (Phi) is 6.60. The Morgan fingerprint density at radius 2 is 1.00 bits per heavy atom. The van der Waals surface area contributed by atoms with Crippen LogP contribution in [0.15, 0.2) is 170 Å². The lowest BCUT2D eigenvalue weighted by atomic mass is 9.66. The zero-order valence-electron chi connectivity index (χ0n) is 30.1. The van der Waals surface area contributed by atoms with Gasteiger partial charge in [-0.05, 0) is 104 Å². The fourth-order valence-electron chi connectivity index (χ4n) is 9.02. The summed E-state index contributed by atoms with van der Waals surface area (Å²) in [6, 6.07) is 62.7. The molecule has 10 rings (SSSR count). The molecule has 0 unspecified atom stereocenters. The van der Waals surface area contributed by atoms with E-state index in [4.69, 9.17) is 0 Å². The van der Waals surface area contributed by atoms with E-state index in [1.807, 2.05) is 0 Å². The normalized spacial score (nSPS) is 14.8.